The smallest absolute Gasteiger partial charge is 0.193 e. The van der Waals surface area contributed by atoms with Crippen LogP contribution in [0.3, 0.4) is 0 Å². The van der Waals surface area contributed by atoms with E-state index in [-0.39, 0.29) is 0 Å². The summed E-state index contributed by atoms with van der Waals surface area (Å²) in [5, 5.41) is 3.60. The highest BCUT2D eigenvalue weighted by molar-refractivity contribution is 5.80. The highest BCUT2D eigenvalue weighted by atomic mass is 15.3. The van der Waals surface area contributed by atoms with Crippen LogP contribution in [0.4, 0.5) is 5.69 Å². The van der Waals surface area contributed by atoms with Gasteiger partial charge in [-0.2, -0.15) is 0 Å². The van der Waals surface area contributed by atoms with Crippen LogP contribution in [0.25, 0.3) is 0 Å². The second kappa shape index (κ2) is 9.09. The molecule has 0 atom stereocenters. The molecule has 138 valence electrons. The third-order valence-corrected chi connectivity index (χ3v) is 5.59. The van der Waals surface area contributed by atoms with Crippen LogP contribution in [-0.4, -0.2) is 75.7 Å². The third-order valence-electron chi connectivity index (χ3n) is 5.59. The Morgan fingerprint density at radius 3 is 2.36 bits per heavy atom. The first-order valence-corrected chi connectivity index (χ1v) is 9.70. The molecule has 2 fully saturated rings. The normalized spacial score (nSPS) is 20.8. The molecule has 1 N–H and O–H groups in total. The van der Waals surface area contributed by atoms with Crippen molar-refractivity contribution >= 4 is 11.6 Å². The first-order chi connectivity index (χ1) is 12.3. The summed E-state index contributed by atoms with van der Waals surface area (Å²) in [5.74, 6) is 1.94. The van der Waals surface area contributed by atoms with Crippen molar-refractivity contribution in [3.8, 4) is 0 Å². The standard InChI is InChI=1S/C20H33N5/c1-21-20(22-11-8-18-9-12-23(2)13-10-18)25-16-14-24(15-17-25)19-6-4-3-5-7-19/h3-7,18H,8-17H2,1-2H3,(H,21,22). The Kier molecular flexibility index (Phi) is 6.56. The monoisotopic (exact) mass is 343 g/mol. The number of nitrogens with zero attached hydrogens (tertiary/aromatic N) is 4. The van der Waals surface area contributed by atoms with Crippen molar-refractivity contribution in [3.05, 3.63) is 30.3 Å². The Morgan fingerprint density at radius 2 is 1.72 bits per heavy atom. The van der Waals surface area contributed by atoms with Crippen LogP contribution in [0.5, 0.6) is 0 Å². The summed E-state index contributed by atoms with van der Waals surface area (Å²) >= 11 is 0. The van der Waals surface area contributed by atoms with Gasteiger partial charge in [-0.1, -0.05) is 18.2 Å². The lowest BCUT2D eigenvalue weighted by molar-refractivity contribution is 0.212. The van der Waals surface area contributed by atoms with Crippen LogP contribution in [0.2, 0.25) is 0 Å². The number of anilines is 1. The molecule has 0 amide bonds. The van der Waals surface area contributed by atoms with E-state index in [0.717, 1.165) is 44.6 Å². The van der Waals surface area contributed by atoms with E-state index in [1.54, 1.807) is 0 Å². The van der Waals surface area contributed by atoms with Gasteiger partial charge in [0.2, 0.25) is 0 Å². The zero-order chi connectivity index (χ0) is 17.5. The summed E-state index contributed by atoms with van der Waals surface area (Å²) in [4.78, 5) is 11.8. The zero-order valence-electron chi connectivity index (χ0n) is 15.8. The predicted molar refractivity (Wildman–Crippen MR) is 106 cm³/mol. The maximum atomic E-state index is 4.51. The van der Waals surface area contributed by atoms with Gasteiger partial charge in [-0.25, -0.2) is 0 Å². The number of piperidine rings is 1. The minimum Gasteiger partial charge on any atom is -0.368 e. The van der Waals surface area contributed by atoms with Crippen LogP contribution in [-0.2, 0) is 0 Å². The number of guanidine groups is 1. The average Bonchev–Trinajstić information content (AvgIpc) is 2.68. The van der Waals surface area contributed by atoms with E-state index in [1.807, 2.05) is 7.05 Å². The van der Waals surface area contributed by atoms with E-state index < -0.39 is 0 Å². The number of rotatable bonds is 4. The molecule has 2 aliphatic rings. The largest absolute Gasteiger partial charge is 0.368 e. The molecule has 0 saturated carbocycles. The van der Waals surface area contributed by atoms with Gasteiger partial charge in [-0.3, -0.25) is 4.99 Å². The quantitative estimate of drug-likeness (QED) is 0.671. The summed E-state index contributed by atoms with van der Waals surface area (Å²) in [5.41, 5.74) is 1.33. The number of likely N-dealkylation sites (tertiary alicyclic amines) is 1. The Labute approximate surface area is 152 Å². The maximum Gasteiger partial charge on any atom is 0.193 e. The van der Waals surface area contributed by atoms with Crippen molar-refractivity contribution in [2.45, 2.75) is 19.3 Å². The van der Waals surface area contributed by atoms with Gasteiger partial charge < -0.3 is 20.0 Å². The van der Waals surface area contributed by atoms with E-state index >= 15 is 0 Å². The van der Waals surface area contributed by atoms with Crippen LogP contribution in [0, 0.1) is 5.92 Å². The molecule has 2 aliphatic heterocycles. The van der Waals surface area contributed by atoms with Gasteiger partial charge in [0, 0.05) is 45.5 Å². The summed E-state index contributed by atoms with van der Waals surface area (Å²) in [6, 6.07) is 10.7. The zero-order valence-corrected chi connectivity index (χ0v) is 15.8. The first kappa shape index (κ1) is 18.1. The van der Waals surface area contributed by atoms with Gasteiger partial charge in [0.25, 0.3) is 0 Å². The first-order valence-electron chi connectivity index (χ1n) is 9.70. The molecular weight excluding hydrogens is 310 g/mol. The molecule has 0 aliphatic carbocycles. The van der Waals surface area contributed by atoms with Crippen molar-refractivity contribution in [1.82, 2.24) is 15.1 Å². The summed E-state index contributed by atoms with van der Waals surface area (Å²) in [6.07, 6.45) is 3.94. The van der Waals surface area contributed by atoms with Gasteiger partial charge in [0.1, 0.15) is 0 Å². The lowest BCUT2D eigenvalue weighted by Crippen LogP contribution is -2.52. The van der Waals surface area contributed by atoms with Gasteiger partial charge >= 0.3 is 0 Å². The summed E-state index contributed by atoms with van der Waals surface area (Å²) in [7, 11) is 4.13. The van der Waals surface area contributed by atoms with Crippen molar-refractivity contribution in [2.75, 3.05) is 64.8 Å². The molecule has 0 spiro atoms. The second-order valence-corrected chi connectivity index (χ2v) is 7.32. The van der Waals surface area contributed by atoms with Gasteiger partial charge in [0.05, 0.1) is 0 Å². The molecule has 0 bridgehead atoms. The molecular formula is C20H33N5. The van der Waals surface area contributed by atoms with E-state index in [1.165, 1.54) is 38.0 Å². The van der Waals surface area contributed by atoms with E-state index in [2.05, 4.69) is 62.4 Å². The molecule has 5 nitrogen and oxygen atoms in total. The summed E-state index contributed by atoms with van der Waals surface area (Å²) < 4.78 is 0. The fourth-order valence-corrected chi connectivity index (χ4v) is 3.89. The lowest BCUT2D eigenvalue weighted by Gasteiger charge is -2.38. The number of hydrogen-bond donors (Lipinski definition) is 1. The number of para-hydroxylation sites is 1. The van der Waals surface area contributed by atoms with Gasteiger partial charge in [-0.05, 0) is 57.5 Å². The molecule has 0 aromatic heterocycles. The molecule has 5 heteroatoms. The topological polar surface area (TPSA) is 34.1 Å². The molecule has 2 heterocycles. The van der Waals surface area contributed by atoms with Gasteiger partial charge in [0.15, 0.2) is 5.96 Å². The van der Waals surface area contributed by atoms with E-state index in [4.69, 9.17) is 0 Å². The van der Waals surface area contributed by atoms with E-state index in [0.29, 0.717) is 0 Å². The predicted octanol–water partition coefficient (Wildman–Crippen LogP) is 2.12. The fraction of sp³-hybridized carbons (Fsp3) is 0.650. The Hall–Kier alpha value is -1.75. The molecule has 3 rings (SSSR count). The van der Waals surface area contributed by atoms with Crippen molar-refractivity contribution in [3.63, 3.8) is 0 Å². The molecule has 1 aromatic carbocycles. The van der Waals surface area contributed by atoms with Gasteiger partial charge in [-0.15, -0.1) is 0 Å². The minimum atomic E-state index is 0.872. The molecule has 0 unspecified atom stereocenters. The maximum absolute atomic E-state index is 4.51. The molecule has 0 radical (unpaired) electrons. The fourth-order valence-electron chi connectivity index (χ4n) is 3.89. The van der Waals surface area contributed by atoms with Crippen LogP contribution in [0.15, 0.2) is 35.3 Å². The number of piperazine rings is 1. The molecule has 1 aromatic rings. The highest BCUT2D eigenvalue weighted by Gasteiger charge is 2.20. The van der Waals surface area contributed by atoms with Crippen molar-refractivity contribution in [1.29, 1.82) is 0 Å². The number of nitrogens with one attached hydrogen (secondary N) is 1. The third kappa shape index (κ3) is 5.11. The second-order valence-electron chi connectivity index (χ2n) is 7.32. The van der Waals surface area contributed by atoms with E-state index in [9.17, 15) is 0 Å². The number of benzene rings is 1. The number of hydrogen-bond acceptors (Lipinski definition) is 3. The SMILES string of the molecule is CN=C(NCCC1CCN(C)CC1)N1CCN(c2ccccc2)CC1. The summed E-state index contributed by atoms with van der Waals surface area (Å²) in [6.45, 7) is 7.71. The molecule has 25 heavy (non-hydrogen) atoms. The van der Waals surface area contributed by atoms with Crippen molar-refractivity contribution < 1.29 is 0 Å². The van der Waals surface area contributed by atoms with Crippen LogP contribution < -0.4 is 10.2 Å². The number of aliphatic imine (C=N–C) groups is 1. The lowest BCUT2D eigenvalue weighted by atomic mass is 9.94. The Morgan fingerprint density at radius 1 is 1.04 bits per heavy atom. The van der Waals surface area contributed by atoms with Crippen molar-refractivity contribution in [2.24, 2.45) is 10.9 Å². The minimum absolute atomic E-state index is 0.872. The average molecular weight is 344 g/mol. The van der Waals surface area contributed by atoms with Crippen LogP contribution >= 0.6 is 0 Å². The molecule has 2 saturated heterocycles. The highest BCUT2D eigenvalue weighted by Crippen LogP contribution is 2.19. The Bertz CT molecular complexity index is 528. The van der Waals surface area contributed by atoms with Crippen LogP contribution in [0.1, 0.15) is 19.3 Å². The Balaban J connectivity index is 1.40.